The van der Waals surface area contributed by atoms with E-state index in [0.29, 0.717) is 5.70 Å². The van der Waals surface area contributed by atoms with Crippen LogP contribution in [0, 0.1) is 0 Å². The lowest BCUT2D eigenvalue weighted by atomic mass is 10.2. The van der Waals surface area contributed by atoms with Crippen molar-refractivity contribution < 1.29 is 4.79 Å². The first-order chi connectivity index (χ1) is 6.86. The van der Waals surface area contributed by atoms with Gasteiger partial charge < -0.3 is 5.32 Å². The third kappa shape index (κ3) is 0.856. The molecule has 1 aromatic carbocycles. The number of nitrogens with zero attached hydrogens (tertiary/aromatic N) is 2. The van der Waals surface area contributed by atoms with Gasteiger partial charge in [0.1, 0.15) is 11.9 Å². The van der Waals surface area contributed by atoms with Gasteiger partial charge in [0.05, 0.1) is 0 Å². The maximum atomic E-state index is 11.5. The van der Waals surface area contributed by atoms with Gasteiger partial charge in [0.15, 0.2) is 0 Å². The van der Waals surface area contributed by atoms with Gasteiger partial charge in [-0.3, -0.25) is 4.79 Å². The third-order valence-corrected chi connectivity index (χ3v) is 2.28. The minimum atomic E-state index is -0.110. The molecule has 3 rings (SSSR count). The molecule has 1 N–H and O–H groups in total. The molecule has 2 aliphatic heterocycles. The van der Waals surface area contributed by atoms with Gasteiger partial charge in [0.2, 0.25) is 5.69 Å². The highest BCUT2D eigenvalue weighted by Gasteiger charge is 2.39. The summed E-state index contributed by atoms with van der Waals surface area (Å²) in [5.74, 6) is -0.110. The zero-order valence-electron chi connectivity index (χ0n) is 7.27. The molecule has 0 saturated heterocycles. The standard InChI is InChI=1S/C10H7N3O/c14-10-9-5-11-6-13(9)8-4-2-1-3-7(8)12-10/h1-6H,(H,12,14)/q+1. The number of benzene rings is 1. The maximum absolute atomic E-state index is 11.5. The molecule has 0 atom stereocenters. The van der Waals surface area contributed by atoms with Crippen molar-refractivity contribution >= 4 is 23.6 Å². The molecule has 0 aliphatic carbocycles. The molecular formula is C10H7N3O+. The largest absolute Gasteiger partial charge is 0.317 e. The molecule has 4 nitrogen and oxygen atoms in total. The molecular weight excluding hydrogens is 178 g/mol. The van der Waals surface area contributed by atoms with Crippen molar-refractivity contribution in [3.05, 3.63) is 36.2 Å². The van der Waals surface area contributed by atoms with Crippen LogP contribution in [0.4, 0.5) is 11.4 Å². The van der Waals surface area contributed by atoms with E-state index in [1.807, 2.05) is 24.3 Å². The van der Waals surface area contributed by atoms with Gasteiger partial charge in [-0.2, -0.15) is 4.99 Å². The Morgan fingerprint density at radius 1 is 1.29 bits per heavy atom. The Labute approximate surface area is 80.6 Å². The number of hydrogen-bond acceptors (Lipinski definition) is 3. The lowest BCUT2D eigenvalue weighted by Crippen LogP contribution is -2.33. The summed E-state index contributed by atoms with van der Waals surface area (Å²) in [6.07, 6.45) is 3.21. The second-order valence-corrected chi connectivity index (χ2v) is 3.12. The van der Waals surface area contributed by atoms with Crippen LogP contribution in [0.3, 0.4) is 0 Å². The molecule has 2 heterocycles. The number of para-hydroxylation sites is 2. The zero-order valence-corrected chi connectivity index (χ0v) is 7.27. The highest BCUT2D eigenvalue weighted by atomic mass is 16.2. The number of anilines is 2. The fourth-order valence-corrected chi connectivity index (χ4v) is 1.63. The van der Waals surface area contributed by atoms with Gasteiger partial charge in [-0.1, -0.05) is 12.1 Å². The molecule has 2 aliphatic rings. The molecule has 0 aromatic heterocycles. The Morgan fingerprint density at radius 2 is 2.14 bits per heavy atom. The first kappa shape index (κ1) is 7.46. The van der Waals surface area contributed by atoms with Gasteiger partial charge in [0.25, 0.3) is 12.0 Å². The van der Waals surface area contributed by atoms with Gasteiger partial charge in [-0.15, -0.1) is 0 Å². The van der Waals surface area contributed by atoms with Crippen LogP contribution in [0.5, 0.6) is 0 Å². The van der Waals surface area contributed by atoms with E-state index < -0.39 is 0 Å². The minimum Gasteiger partial charge on any atom is -0.312 e. The highest BCUT2D eigenvalue weighted by Crippen LogP contribution is 2.33. The summed E-state index contributed by atoms with van der Waals surface area (Å²) < 4.78 is 0. The van der Waals surface area contributed by atoms with E-state index in [9.17, 15) is 4.79 Å². The van der Waals surface area contributed by atoms with Crippen LogP contribution in [0.25, 0.3) is 0 Å². The average Bonchev–Trinajstić information content (AvgIpc) is 2.67. The second-order valence-electron chi connectivity index (χ2n) is 3.12. The molecule has 1 aromatic rings. The summed E-state index contributed by atoms with van der Waals surface area (Å²) in [6.45, 7) is 0. The fourth-order valence-electron chi connectivity index (χ4n) is 1.63. The van der Waals surface area contributed by atoms with E-state index in [-0.39, 0.29) is 5.91 Å². The zero-order chi connectivity index (χ0) is 9.54. The maximum Gasteiger partial charge on any atom is 0.317 e. The van der Waals surface area contributed by atoms with Gasteiger partial charge in [-0.25, -0.2) is 0 Å². The molecule has 0 unspecified atom stereocenters. The van der Waals surface area contributed by atoms with Crippen LogP contribution in [-0.2, 0) is 4.79 Å². The normalized spacial score (nSPS) is 18.6. The summed E-state index contributed by atoms with van der Waals surface area (Å²) in [7, 11) is 0. The summed E-state index contributed by atoms with van der Waals surface area (Å²) in [6, 6.07) is 7.64. The summed E-state index contributed by atoms with van der Waals surface area (Å²) in [5.41, 5.74) is 2.35. The van der Waals surface area contributed by atoms with Crippen molar-refractivity contribution in [1.29, 1.82) is 0 Å². The first-order valence-electron chi connectivity index (χ1n) is 4.29. The summed E-state index contributed by atoms with van der Waals surface area (Å²) in [4.78, 5) is 17.3. The molecule has 67 valence electrons. The number of hydrogen-bond donors (Lipinski definition) is 1. The van der Waals surface area contributed by atoms with E-state index in [1.54, 1.807) is 17.4 Å². The van der Waals surface area contributed by atoms with Crippen molar-refractivity contribution in [2.75, 3.05) is 5.32 Å². The number of nitrogens with one attached hydrogen (secondary N) is 1. The van der Waals surface area contributed by atoms with Gasteiger partial charge in [0, 0.05) is 6.07 Å². The minimum absolute atomic E-state index is 0.110. The molecule has 1 radical (unpaired) electrons. The van der Waals surface area contributed by atoms with E-state index in [1.165, 1.54) is 0 Å². The predicted molar refractivity (Wildman–Crippen MR) is 53.4 cm³/mol. The van der Waals surface area contributed by atoms with Crippen LogP contribution >= 0.6 is 0 Å². The number of fused-ring (bicyclic) bond motifs is 3. The molecule has 0 bridgehead atoms. The molecule has 4 heteroatoms. The molecule has 0 fully saturated rings. The van der Waals surface area contributed by atoms with Gasteiger partial charge >= 0.3 is 5.91 Å². The van der Waals surface area contributed by atoms with Crippen molar-refractivity contribution in [1.82, 2.24) is 4.90 Å². The van der Waals surface area contributed by atoms with E-state index in [4.69, 9.17) is 0 Å². The lowest BCUT2D eigenvalue weighted by molar-refractivity contribution is -0.113. The van der Waals surface area contributed by atoms with Crippen LogP contribution in [0.2, 0.25) is 0 Å². The van der Waals surface area contributed by atoms with Crippen molar-refractivity contribution in [3.63, 3.8) is 0 Å². The third-order valence-electron chi connectivity index (χ3n) is 2.28. The second kappa shape index (κ2) is 2.52. The Hall–Kier alpha value is -1.94. The Balaban J connectivity index is 2.22. The Morgan fingerprint density at radius 3 is 3.07 bits per heavy atom. The Kier molecular flexibility index (Phi) is 1.35. The number of aliphatic imine (C=N–C) groups is 1. The van der Waals surface area contributed by atoms with Crippen molar-refractivity contribution in [3.8, 4) is 0 Å². The lowest BCUT2D eigenvalue weighted by Gasteiger charge is -2.15. The SMILES string of the molecule is O=C1Nc2ccccc2[N+]2C=NC=C12. The number of rotatable bonds is 0. The fraction of sp³-hybridized carbons (Fsp3) is 0. The van der Waals surface area contributed by atoms with Gasteiger partial charge in [-0.05, 0) is 11.0 Å². The van der Waals surface area contributed by atoms with E-state index in [2.05, 4.69) is 10.3 Å². The highest BCUT2D eigenvalue weighted by molar-refractivity contribution is 6.12. The van der Waals surface area contributed by atoms with Crippen molar-refractivity contribution in [2.45, 2.75) is 0 Å². The average molecular weight is 185 g/mol. The van der Waals surface area contributed by atoms with Crippen LogP contribution in [0.15, 0.2) is 41.2 Å². The summed E-state index contributed by atoms with van der Waals surface area (Å²) in [5, 5.41) is 2.80. The molecule has 0 spiro atoms. The van der Waals surface area contributed by atoms with Crippen LogP contribution < -0.4 is 10.2 Å². The number of carbonyl (C=O) groups excluding carboxylic acids is 1. The topological polar surface area (TPSA) is 47.4 Å². The van der Waals surface area contributed by atoms with E-state index >= 15 is 0 Å². The molecule has 0 saturated carbocycles. The number of amides is 1. The quantitative estimate of drug-likeness (QED) is 0.608. The van der Waals surface area contributed by atoms with Crippen LogP contribution in [0.1, 0.15) is 0 Å². The smallest absolute Gasteiger partial charge is 0.312 e. The molecule has 1 amide bonds. The molecule has 14 heavy (non-hydrogen) atoms. The predicted octanol–water partition coefficient (Wildman–Crippen LogP) is 1.29. The monoisotopic (exact) mass is 185 g/mol. The van der Waals surface area contributed by atoms with Crippen molar-refractivity contribution in [2.24, 2.45) is 4.99 Å². The first-order valence-corrected chi connectivity index (χ1v) is 4.29. The van der Waals surface area contributed by atoms with E-state index in [0.717, 1.165) is 11.4 Å². The Bertz CT molecular complexity index is 476. The van der Waals surface area contributed by atoms with Crippen LogP contribution in [-0.4, -0.2) is 12.2 Å². The summed E-state index contributed by atoms with van der Waals surface area (Å²) >= 11 is 0. The number of carbonyl (C=O) groups is 1.